The standard InChI is InChI=1S/C35H38ClF5N8O3/c1-4-7-19-12-22(42)29(38)26(27(19)35(39,40)41)25-13-23-21(17-51-25)31(44-33(43-23)52-18-34-8-5-10-48(34)15-20(37)14-34)47-9-6-11-49-24(16-47)28(36)30(45-49)32(50)46(2)3/h12,20,25H,5-6,8-11,13-18,42H2,1-3H3/t20-,25-,34+/m1/s1. The van der Waals surface area contributed by atoms with Crippen LogP contribution in [0.3, 0.4) is 0 Å². The number of benzene rings is 1. The Labute approximate surface area is 302 Å². The summed E-state index contributed by atoms with van der Waals surface area (Å²) in [7, 11) is 3.21. The molecule has 2 saturated heterocycles. The molecule has 52 heavy (non-hydrogen) atoms. The normalized spacial score (nSPS) is 23.0. The monoisotopic (exact) mass is 748 g/mol. The number of carbonyl (C=O) groups excluding carboxylic acids is 1. The number of aryl methyl sites for hydroxylation is 1. The predicted octanol–water partition coefficient (Wildman–Crippen LogP) is 5.32. The second-order valence-corrected chi connectivity index (χ2v) is 14.3. The van der Waals surface area contributed by atoms with Crippen molar-refractivity contribution in [2.24, 2.45) is 0 Å². The molecule has 2 aromatic heterocycles. The molecule has 278 valence electrons. The van der Waals surface area contributed by atoms with Gasteiger partial charge in [0.05, 0.1) is 52.5 Å². The molecule has 17 heteroatoms. The van der Waals surface area contributed by atoms with E-state index in [-0.39, 0.29) is 48.8 Å². The number of hydrogen-bond donors (Lipinski definition) is 1. The molecule has 3 aromatic rings. The molecule has 2 N–H and O–H groups in total. The van der Waals surface area contributed by atoms with Crippen molar-refractivity contribution in [2.75, 3.05) is 51.0 Å². The summed E-state index contributed by atoms with van der Waals surface area (Å²) < 4.78 is 88.0. The molecule has 6 heterocycles. The van der Waals surface area contributed by atoms with Crippen LogP contribution >= 0.6 is 11.6 Å². The van der Waals surface area contributed by atoms with E-state index in [2.05, 4.69) is 26.8 Å². The lowest BCUT2D eigenvalue weighted by Crippen LogP contribution is -2.43. The van der Waals surface area contributed by atoms with Gasteiger partial charge in [-0.15, -0.1) is 5.92 Å². The van der Waals surface area contributed by atoms with Gasteiger partial charge in [-0.05, 0) is 38.8 Å². The number of anilines is 2. The second kappa shape index (κ2) is 13.7. The van der Waals surface area contributed by atoms with E-state index in [4.69, 9.17) is 31.8 Å². The largest absolute Gasteiger partial charge is 0.461 e. The van der Waals surface area contributed by atoms with Gasteiger partial charge in [0.1, 0.15) is 18.6 Å². The summed E-state index contributed by atoms with van der Waals surface area (Å²) in [6, 6.07) is 0.830. The van der Waals surface area contributed by atoms with Crippen LogP contribution in [0.4, 0.5) is 33.5 Å². The Hall–Kier alpha value is -4.20. The van der Waals surface area contributed by atoms with Crippen LogP contribution in [0, 0.1) is 17.7 Å². The second-order valence-electron chi connectivity index (χ2n) is 13.9. The zero-order chi connectivity index (χ0) is 37.1. The number of alkyl halides is 4. The Bertz CT molecular complexity index is 1980. The molecule has 2 fully saturated rings. The summed E-state index contributed by atoms with van der Waals surface area (Å²) in [5.74, 6) is 3.66. The maximum absolute atomic E-state index is 15.7. The van der Waals surface area contributed by atoms with Crippen molar-refractivity contribution in [1.82, 2.24) is 29.5 Å². The molecular weight excluding hydrogens is 711 g/mol. The minimum atomic E-state index is -4.97. The number of nitrogens with two attached hydrogens (primary N) is 1. The molecule has 11 nitrogen and oxygen atoms in total. The number of nitrogens with zero attached hydrogens (tertiary/aromatic N) is 7. The summed E-state index contributed by atoms with van der Waals surface area (Å²) in [6.07, 6.45) is -5.13. The number of fused-ring (bicyclic) bond motifs is 3. The maximum Gasteiger partial charge on any atom is 0.418 e. The topological polar surface area (TPSA) is 115 Å². The third-order valence-electron chi connectivity index (χ3n) is 10.3. The van der Waals surface area contributed by atoms with E-state index in [9.17, 15) is 22.4 Å². The summed E-state index contributed by atoms with van der Waals surface area (Å²) in [6.45, 7) is 3.40. The molecule has 4 aliphatic heterocycles. The lowest BCUT2D eigenvalue weighted by atomic mass is 9.91. The van der Waals surface area contributed by atoms with Crippen LogP contribution in [0.15, 0.2) is 6.07 Å². The first kappa shape index (κ1) is 36.2. The minimum absolute atomic E-state index is 0.0492. The first-order chi connectivity index (χ1) is 24.7. The van der Waals surface area contributed by atoms with Crippen LogP contribution in [-0.2, 0) is 37.0 Å². The molecular formula is C35H38ClF5N8O3. The van der Waals surface area contributed by atoms with Crippen LogP contribution in [-0.4, -0.2) is 87.5 Å². The molecule has 4 aliphatic rings. The summed E-state index contributed by atoms with van der Waals surface area (Å²) in [4.78, 5) is 27.7. The van der Waals surface area contributed by atoms with Gasteiger partial charge in [-0.2, -0.15) is 28.2 Å². The number of aromatic nitrogens is 4. The van der Waals surface area contributed by atoms with Gasteiger partial charge in [-0.25, -0.2) is 8.78 Å². The maximum atomic E-state index is 15.7. The third-order valence-corrected chi connectivity index (χ3v) is 10.7. The molecule has 1 aromatic carbocycles. The molecule has 0 unspecified atom stereocenters. The zero-order valence-electron chi connectivity index (χ0n) is 28.9. The Morgan fingerprint density at radius 1 is 1.23 bits per heavy atom. The van der Waals surface area contributed by atoms with Gasteiger partial charge in [-0.3, -0.25) is 14.4 Å². The average molecular weight is 749 g/mol. The third kappa shape index (κ3) is 6.40. The first-order valence-corrected chi connectivity index (χ1v) is 17.5. The summed E-state index contributed by atoms with van der Waals surface area (Å²) >= 11 is 6.75. The molecule has 0 spiro atoms. The smallest absolute Gasteiger partial charge is 0.418 e. The molecule has 0 radical (unpaired) electrons. The van der Waals surface area contributed by atoms with Crippen molar-refractivity contribution in [2.45, 2.75) is 82.7 Å². The number of amides is 1. The van der Waals surface area contributed by atoms with Gasteiger partial charge in [0.15, 0.2) is 11.5 Å². The van der Waals surface area contributed by atoms with Crippen molar-refractivity contribution in [3.63, 3.8) is 0 Å². The number of halogens is 6. The van der Waals surface area contributed by atoms with Gasteiger partial charge in [-0.1, -0.05) is 17.5 Å². The molecule has 0 bridgehead atoms. The van der Waals surface area contributed by atoms with Gasteiger partial charge >= 0.3 is 12.2 Å². The highest BCUT2D eigenvalue weighted by Crippen LogP contribution is 2.45. The van der Waals surface area contributed by atoms with E-state index >= 15 is 4.39 Å². The molecule has 3 atom stereocenters. The summed E-state index contributed by atoms with van der Waals surface area (Å²) in [5, 5.41) is 4.68. The Kier molecular flexibility index (Phi) is 9.50. The number of carbonyl (C=O) groups is 1. The van der Waals surface area contributed by atoms with Crippen molar-refractivity contribution >= 4 is 29.0 Å². The van der Waals surface area contributed by atoms with E-state index in [1.54, 1.807) is 18.8 Å². The fourth-order valence-electron chi connectivity index (χ4n) is 7.94. The average Bonchev–Trinajstić information content (AvgIpc) is 3.66. The molecule has 1 amide bonds. The molecule has 0 saturated carbocycles. The lowest BCUT2D eigenvalue weighted by molar-refractivity contribution is -0.140. The van der Waals surface area contributed by atoms with Gasteiger partial charge in [0.2, 0.25) is 0 Å². The van der Waals surface area contributed by atoms with E-state index in [1.165, 1.54) is 11.8 Å². The molecule has 0 aliphatic carbocycles. The van der Waals surface area contributed by atoms with Crippen LogP contribution in [0.2, 0.25) is 5.02 Å². The molecule has 7 rings (SSSR count). The Morgan fingerprint density at radius 2 is 2.02 bits per heavy atom. The van der Waals surface area contributed by atoms with E-state index in [0.717, 1.165) is 25.5 Å². The van der Waals surface area contributed by atoms with Crippen LogP contribution in [0.1, 0.15) is 82.8 Å². The Morgan fingerprint density at radius 3 is 2.75 bits per heavy atom. The fraction of sp³-hybridized carbons (Fsp3) is 0.543. The van der Waals surface area contributed by atoms with Crippen molar-refractivity contribution < 1.29 is 36.2 Å². The highest BCUT2D eigenvalue weighted by Gasteiger charge is 2.49. The van der Waals surface area contributed by atoms with Gasteiger partial charge < -0.3 is 25.0 Å². The van der Waals surface area contributed by atoms with E-state index < -0.39 is 52.2 Å². The van der Waals surface area contributed by atoms with Crippen LogP contribution in [0.5, 0.6) is 6.01 Å². The predicted molar refractivity (Wildman–Crippen MR) is 181 cm³/mol. The summed E-state index contributed by atoms with van der Waals surface area (Å²) in [5.41, 5.74) is 3.88. The highest BCUT2D eigenvalue weighted by molar-refractivity contribution is 6.34. The lowest BCUT2D eigenvalue weighted by Gasteiger charge is -2.33. The van der Waals surface area contributed by atoms with E-state index in [1.807, 2.05) is 4.90 Å². The first-order valence-electron chi connectivity index (χ1n) is 17.1. The van der Waals surface area contributed by atoms with Crippen LogP contribution in [0.25, 0.3) is 0 Å². The minimum Gasteiger partial charge on any atom is -0.461 e. The quantitative estimate of drug-likeness (QED) is 0.203. The number of nitrogen functional groups attached to an aromatic ring is 1. The van der Waals surface area contributed by atoms with Gasteiger partial charge in [0.25, 0.3) is 5.91 Å². The van der Waals surface area contributed by atoms with Gasteiger partial charge in [0, 0.05) is 63.3 Å². The number of rotatable bonds is 6. The van der Waals surface area contributed by atoms with Crippen LogP contribution < -0.4 is 15.4 Å². The zero-order valence-corrected chi connectivity index (χ0v) is 29.7. The van der Waals surface area contributed by atoms with Crippen molar-refractivity contribution in [1.29, 1.82) is 0 Å². The fourth-order valence-corrected chi connectivity index (χ4v) is 8.22. The SMILES string of the molecule is CC#Cc1cc(N)c(F)c([C@H]2Cc3nc(OC[C@@]45CCCN4C[C@H](F)C5)nc(N4CCCn5nc(C(=O)N(C)C)c(Cl)c5C4)c3CO2)c1C(F)(F)F. The van der Waals surface area contributed by atoms with Crippen molar-refractivity contribution in [3.8, 4) is 17.9 Å². The number of hydrogen-bond acceptors (Lipinski definition) is 9. The van der Waals surface area contributed by atoms with E-state index in [0.29, 0.717) is 55.2 Å². The number of ether oxygens (including phenoxy) is 2. The van der Waals surface area contributed by atoms with Crippen molar-refractivity contribution in [3.05, 3.63) is 56.2 Å². The Balaban J connectivity index is 1.30. The highest BCUT2D eigenvalue weighted by atomic mass is 35.5.